The molecule has 1 heterocycles. The van der Waals surface area contributed by atoms with Crippen LogP contribution in [0.25, 0.3) is 0 Å². The van der Waals surface area contributed by atoms with E-state index in [2.05, 4.69) is 42.3 Å². The van der Waals surface area contributed by atoms with Gasteiger partial charge in [-0.3, -0.25) is 0 Å². The van der Waals surface area contributed by atoms with E-state index in [1.165, 1.54) is 12.1 Å². The van der Waals surface area contributed by atoms with E-state index in [4.69, 9.17) is 11.6 Å². The minimum absolute atomic E-state index is 0.134. The van der Waals surface area contributed by atoms with Crippen LogP contribution < -0.4 is 10.2 Å². The number of rotatable bonds is 1. The molecule has 2 rings (SSSR count). The lowest BCUT2D eigenvalue weighted by Crippen LogP contribution is -2.48. The Bertz CT molecular complexity index is 401. The van der Waals surface area contributed by atoms with Crippen LogP contribution >= 0.6 is 11.6 Å². The van der Waals surface area contributed by atoms with Gasteiger partial charge in [0.25, 0.3) is 0 Å². The summed E-state index contributed by atoms with van der Waals surface area (Å²) in [5, 5.41) is 4.35. The maximum absolute atomic E-state index is 6.22. The van der Waals surface area contributed by atoms with E-state index < -0.39 is 0 Å². The Morgan fingerprint density at radius 1 is 1.35 bits per heavy atom. The zero-order valence-electron chi connectivity index (χ0n) is 10.9. The maximum atomic E-state index is 6.22. The quantitative estimate of drug-likeness (QED) is 0.826. The zero-order valence-corrected chi connectivity index (χ0v) is 11.6. The van der Waals surface area contributed by atoms with Crippen LogP contribution in [-0.2, 0) is 0 Å². The Hall–Kier alpha value is -0.730. The van der Waals surface area contributed by atoms with Crippen molar-refractivity contribution in [3.05, 3.63) is 28.8 Å². The molecule has 0 saturated carbocycles. The number of anilines is 1. The van der Waals surface area contributed by atoms with Gasteiger partial charge in [-0.05, 0) is 51.4 Å². The molecule has 0 aromatic heterocycles. The Morgan fingerprint density at radius 2 is 2.12 bits per heavy atom. The molecule has 1 aromatic carbocycles. The van der Waals surface area contributed by atoms with Crippen LogP contribution in [0.2, 0.25) is 5.02 Å². The highest BCUT2D eigenvalue weighted by Crippen LogP contribution is 2.29. The van der Waals surface area contributed by atoms with E-state index in [-0.39, 0.29) is 5.54 Å². The number of benzene rings is 1. The van der Waals surface area contributed by atoms with Gasteiger partial charge in [-0.2, -0.15) is 0 Å². The topological polar surface area (TPSA) is 15.3 Å². The molecule has 0 unspecified atom stereocenters. The van der Waals surface area contributed by atoms with E-state index in [0.717, 1.165) is 30.2 Å². The molecule has 1 fully saturated rings. The highest BCUT2D eigenvalue weighted by molar-refractivity contribution is 6.31. The van der Waals surface area contributed by atoms with Crippen molar-refractivity contribution in [3.8, 4) is 0 Å². The summed E-state index contributed by atoms with van der Waals surface area (Å²) in [6.07, 6.45) is 1.18. The molecule has 0 spiro atoms. The molecule has 1 aromatic rings. The SMILES string of the molecule is Cc1ccc(N2CCCNCC2(C)C)cc1Cl. The third-order valence-corrected chi connectivity index (χ3v) is 3.90. The summed E-state index contributed by atoms with van der Waals surface area (Å²) >= 11 is 6.22. The monoisotopic (exact) mass is 252 g/mol. The van der Waals surface area contributed by atoms with Crippen LogP contribution in [0.5, 0.6) is 0 Å². The third kappa shape index (κ3) is 2.75. The summed E-state index contributed by atoms with van der Waals surface area (Å²) in [4.78, 5) is 2.46. The largest absolute Gasteiger partial charge is 0.365 e. The molecule has 1 aliphatic heterocycles. The van der Waals surface area contributed by atoms with Crippen molar-refractivity contribution < 1.29 is 0 Å². The summed E-state index contributed by atoms with van der Waals surface area (Å²) in [7, 11) is 0. The zero-order chi connectivity index (χ0) is 12.5. The van der Waals surface area contributed by atoms with Crippen molar-refractivity contribution in [2.75, 3.05) is 24.5 Å². The minimum Gasteiger partial charge on any atom is -0.365 e. The first-order chi connectivity index (χ1) is 8.00. The first kappa shape index (κ1) is 12.7. The van der Waals surface area contributed by atoms with Crippen molar-refractivity contribution >= 4 is 17.3 Å². The number of aryl methyl sites for hydroxylation is 1. The van der Waals surface area contributed by atoms with E-state index in [0.29, 0.717) is 0 Å². The van der Waals surface area contributed by atoms with Gasteiger partial charge in [0.15, 0.2) is 0 Å². The molecule has 2 nitrogen and oxygen atoms in total. The van der Waals surface area contributed by atoms with Crippen LogP contribution in [-0.4, -0.2) is 25.2 Å². The predicted molar refractivity (Wildman–Crippen MR) is 75.1 cm³/mol. The van der Waals surface area contributed by atoms with Crippen LogP contribution in [0.15, 0.2) is 18.2 Å². The molecule has 3 heteroatoms. The second kappa shape index (κ2) is 4.87. The molecule has 0 atom stereocenters. The third-order valence-electron chi connectivity index (χ3n) is 3.49. The van der Waals surface area contributed by atoms with Gasteiger partial charge < -0.3 is 10.2 Å². The van der Waals surface area contributed by atoms with Gasteiger partial charge in [-0.1, -0.05) is 17.7 Å². The summed E-state index contributed by atoms with van der Waals surface area (Å²) < 4.78 is 0. The molecule has 1 saturated heterocycles. The highest BCUT2D eigenvalue weighted by Gasteiger charge is 2.28. The smallest absolute Gasteiger partial charge is 0.0470 e. The van der Waals surface area contributed by atoms with Gasteiger partial charge in [0.1, 0.15) is 0 Å². The van der Waals surface area contributed by atoms with Crippen molar-refractivity contribution in [2.45, 2.75) is 32.7 Å². The first-order valence-electron chi connectivity index (χ1n) is 6.25. The van der Waals surface area contributed by atoms with Gasteiger partial charge in [0, 0.05) is 29.3 Å². The number of halogens is 1. The molecule has 1 aliphatic rings. The van der Waals surface area contributed by atoms with Gasteiger partial charge in [-0.15, -0.1) is 0 Å². The van der Waals surface area contributed by atoms with E-state index in [9.17, 15) is 0 Å². The molecule has 1 N–H and O–H groups in total. The fourth-order valence-corrected chi connectivity index (χ4v) is 2.56. The number of nitrogens with zero attached hydrogens (tertiary/aromatic N) is 1. The average molecular weight is 253 g/mol. The highest BCUT2D eigenvalue weighted by atomic mass is 35.5. The molecular formula is C14H21ClN2. The normalized spacial score (nSPS) is 20.1. The molecule has 17 heavy (non-hydrogen) atoms. The van der Waals surface area contributed by atoms with Gasteiger partial charge >= 0.3 is 0 Å². The average Bonchev–Trinajstić information content (AvgIpc) is 2.43. The summed E-state index contributed by atoms with van der Waals surface area (Å²) in [5.74, 6) is 0. The molecule has 0 aliphatic carbocycles. The molecule has 0 bridgehead atoms. The van der Waals surface area contributed by atoms with Crippen molar-refractivity contribution in [3.63, 3.8) is 0 Å². The number of hydrogen-bond donors (Lipinski definition) is 1. The Kier molecular flexibility index (Phi) is 3.64. The van der Waals surface area contributed by atoms with Gasteiger partial charge in [0.2, 0.25) is 0 Å². The van der Waals surface area contributed by atoms with Crippen molar-refractivity contribution in [2.24, 2.45) is 0 Å². The Morgan fingerprint density at radius 3 is 2.82 bits per heavy atom. The van der Waals surface area contributed by atoms with E-state index in [1.807, 2.05) is 6.92 Å². The summed E-state index contributed by atoms with van der Waals surface area (Å²) in [6.45, 7) is 9.79. The molecule has 94 valence electrons. The lowest BCUT2D eigenvalue weighted by Gasteiger charge is -2.39. The first-order valence-corrected chi connectivity index (χ1v) is 6.63. The summed E-state index contributed by atoms with van der Waals surface area (Å²) in [5.41, 5.74) is 2.50. The standard InChI is InChI=1S/C14H21ClN2/c1-11-5-6-12(9-13(11)15)17-8-4-7-16-10-14(17,2)3/h5-6,9,16H,4,7-8,10H2,1-3H3. The second-order valence-corrected chi connectivity index (χ2v) is 5.84. The minimum atomic E-state index is 0.134. The van der Waals surface area contributed by atoms with Crippen LogP contribution in [0.1, 0.15) is 25.8 Å². The van der Waals surface area contributed by atoms with Crippen molar-refractivity contribution in [1.82, 2.24) is 5.32 Å². The number of hydrogen-bond acceptors (Lipinski definition) is 2. The lowest BCUT2D eigenvalue weighted by molar-refractivity contribution is 0.462. The van der Waals surface area contributed by atoms with Crippen LogP contribution in [0, 0.1) is 6.92 Å². The van der Waals surface area contributed by atoms with E-state index in [1.54, 1.807) is 0 Å². The molecule has 0 radical (unpaired) electrons. The Labute approximate surface area is 109 Å². The maximum Gasteiger partial charge on any atom is 0.0470 e. The predicted octanol–water partition coefficient (Wildman–Crippen LogP) is 3.23. The molecule has 0 amide bonds. The number of nitrogens with one attached hydrogen (secondary N) is 1. The van der Waals surface area contributed by atoms with Crippen LogP contribution in [0.3, 0.4) is 0 Å². The summed E-state index contributed by atoms with van der Waals surface area (Å²) in [6, 6.07) is 6.37. The van der Waals surface area contributed by atoms with Crippen LogP contribution in [0.4, 0.5) is 5.69 Å². The second-order valence-electron chi connectivity index (χ2n) is 5.43. The Balaban J connectivity index is 2.32. The molecular weight excluding hydrogens is 232 g/mol. The van der Waals surface area contributed by atoms with Crippen molar-refractivity contribution in [1.29, 1.82) is 0 Å². The van der Waals surface area contributed by atoms with Gasteiger partial charge in [0.05, 0.1) is 0 Å². The fraction of sp³-hybridized carbons (Fsp3) is 0.571. The van der Waals surface area contributed by atoms with Gasteiger partial charge in [-0.25, -0.2) is 0 Å². The van der Waals surface area contributed by atoms with E-state index >= 15 is 0 Å². The lowest BCUT2D eigenvalue weighted by atomic mass is 10.0. The fourth-order valence-electron chi connectivity index (χ4n) is 2.38.